The third kappa shape index (κ3) is 7.37. The zero-order chi connectivity index (χ0) is 23.0. The summed E-state index contributed by atoms with van der Waals surface area (Å²) in [5, 5.41) is 2.89. The van der Waals surface area contributed by atoms with Crippen molar-refractivity contribution in [2.45, 2.75) is 42.5 Å². The molecule has 1 fully saturated rings. The highest BCUT2D eigenvalue weighted by atomic mass is 32.2. The molecule has 0 saturated carbocycles. The average Bonchev–Trinajstić information content (AvgIpc) is 2.72. The summed E-state index contributed by atoms with van der Waals surface area (Å²) in [7, 11) is -4.02. The average molecular weight is 486 g/mol. The van der Waals surface area contributed by atoms with Crippen LogP contribution in [0.3, 0.4) is 0 Å². The van der Waals surface area contributed by atoms with E-state index in [1.807, 2.05) is 18.2 Å². The molecule has 5 nitrogen and oxygen atoms in total. The van der Waals surface area contributed by atoms with Crippen molar-refractivity contribution in [3.05, 3.63) is 65.2 Å². The quantitative estimate of drug-likeness (QED) is 0.214. The van der Waals surface area contributed by atoms with Gasteiger partial charge in [-0.1, -0.05) is 36.8 Å². The minimum absolute atomic E-state index is 0.0865. The zero-order valence-electron chi connectivity index (χ0n) is 17.9. The van der Waals surface area contributed by atoms with Gasteiger partial charge in [0.2, 0.25) is 0 Å². The summed E-state index contributed by atoms with van der Waals surface area (Å²) in [5.74, 6) is -0.218. The first-order chi connectivity index (χ1) is 15.3. The van der Waals surface area contributed by atoms with Crippen LogP contribution in [-0.4, -0.2) is 41.5 Å². The molecule has 0 aromatic heterocycles. The van der Waals surface area contributed by atoms with Crippen molar-refractivity contribution in [2.75, 3.05) is 31.7 Å². The highest BCUT2D eigenvalue weighted by molar-refractivity contribution is 7.99. The fourth-order valence-electron chi connectivity index (χ4n) is 3.79. The largest absolute Gasteiger partial charge is 0.379 e. The third-order valence-electron chi connectivity index (χ3n) is 5.67. The Labute approximate surface area is 192 Å². The predicted octanol–water partition coefficient (Wildman–Crippen LogP) is 4.85. The van der Waals surface area contributed by atoms with Gasteiger partial charge >= 0.3 is 7.60 Å². The second-order valence-corrected chi connectivity index (χ2v) is 11.2. The lowest BCUT2D eigenvalue weighted by atomic mass is 9.75. The molecule has 0 unspecified atom stereocenters. The van der Waals surface area contributed by atoms with E-state index in [1.54, 1.807) is 0 Å². The van der Waals surface area contributed by atoms with E-state index in [0.29, 0.717) is 17.2 Å². The van der Waals surface area contributed by atoms with Crippen molar-refractivity contribution in [1.82, 2.24) is 5.32 Å². The van der Waals surface area contributed by atoms with Crippen LogP contribution in [0.25, 0.3) is 0 Å². The van der Waals surface area contributed by atoms with Crippen molar-refractivity contribution >= 4 is 19.4 Å². The summed E-state index contributed by atoms with van der Waals surface area (Å²) in [6.07, 6.45) is 2.95. The molecule has 0 spiro atoms. The van der Waals surface area contributed by atoms with Gasteiger partial charge in [0.15, 0.2) is 0 Å². The van der Waals surface area contributed by atoms with Crippen molar-refractivity contribution < 1.29 is 27.9 Å². The molecule has 0 amide bonds. The van der Waals surface area contributed by atoms with E-state index in [2.05, 4.69) is 17.4 Å². The van der Waals surface area contributed by atoms with Gasteiger partial charge in [0.25, 0.3) is 0 Å². The number of benzene rings is 2. The summed E-state index contributed by atoms with van der Waals surface area (Å²) in [6, 6.07) is 12.8. The van der Waals surface area contributed by atoms with Gasteiger partial charge in [-0.15, -0.1) is 11.8 Å². The standard InChI is InChI=1S/C23H30F2NO4PS/c24-20-14-22(21(25)13-18(20)15-26-10-6-11-31(27,28)29)32-12-5-4-9-23(16-30-17-23)19-7-2-1-3-8-19/h1-3,7-8,13-14,26H,4-6,9-12,15-17H2,(H2,27,28,29). The monoisotopic (exact) mass is 485 g/mol. The Bertz CT molecular complexity index is 922. The Balaban J connectivity index is 1.41. The minimum atomic E-state index is -4.02. The van der Waals surface area contributed by atoms with E-state index in [0.717, 1.165) is 32.5 Å². The van der Waals surface area contributed by atoms with E-state index < -0.39 is 19.2 Å². The van der Waals surface area contributed by atoms with Gasteiger partial charge in [0, 0.05) is 22.4 Å². The molecule has 2 aromatic rings. The van der Waals surface area contributed by atoms with Crippen molar-refractivity contribution in [2.24, 2.45) is 0 Å². The Morgan fingerprint density at radius 2 is 1.81 bits per heavy atom. The minimum Gasteiger partial charge on any atom is -0.379 e. The number of hydrogen-bond donors (Lipinski definition) is 3. The molecule has 3 N–H and O–H groups in total. The Kier molecular flexibility index (Phi) is 9.29. The Hall–Kier alpha value is -1.28. The van der Waals surface area contributed by atoms with Gasteiger partial charge in [-0.3, -0.25) is 4.57 Å². The lowest BCUT2D eigenvalue weighted by Crippen LogP contribution is -2.46. The number of thioether (sulfide) groups is 1. The fourth-order valence-corrected chi connectivity index (χ4v) is 5.31. The molecule has 1 aliphatic heterocycles. The maximum atomic E-state index is 14.4. The van der Waals surface area contributed by atoms with Gasteiger partial charge in [-0.25, -0.2) is 8.78 Å². The van der Waals surface area contributed by atoms with Crippen LogP contribution in [0, 0.1) is 11.6 Å². The normalized spacial score (nSPS) is 15.5. The fraction of sp³-hybridized carbons (Fsp3) is 0.478. The molecule has 0 bridgehead atoms. The second kappa shape index (κ2) is 11.7. The molecule has 3 rings (SSSR count). The molecule has 2 aromatic carbocycles. The summed E-state index contributed by atoms with van der Waals surface area (Å²) in [4.78, 5) is 17.9. The number of unbranched alkanes of at least 4 members (excludes halogenated alkanes) is 1. The molecule has 32 heavy (non-hydrogen) atoms. The summed E-state index contributed by atoms with van der Waals surface area (Å²) in [5.41, 5.74) is 1.60. The zero-order valence-corrected chi connectivity index (χ0v) is 19.6. The van der Waals surface area contributed by atoms with Gasteiger partial charge < -0.3 is 19.8 Å². The van der Waals surface area contributed by atoms with Crippen LogP contribution >= 0.6 is 19.4 Å². The van der Waals surface area contributed by atoms with Crippen molar-refractivity contribution in [3.63, 3.8) is 0 Å². The topological polar surface area (TPSA) is 78.8 Å². The molecule has 176 valence electrons. The molecule has 0 atom stereocenters. The SMILES string of the molecule is O=P(O)(O)CCCNCc1cc(F)c(SCCCCC2(c3ccccc3)COC2)cc1F. The molecule has 1 saturated heterocycles. The molecular formula is C23H30F2NO4PS. The van der Waals surface area contributed by atoms with Gasteiger partial charge in [0.1, 0.15) is 11.6 Å². The molecule has 0 radical (unpaired) electrons. The highest BCUT2D eigenvalue weighted by Crippen LogP contribution is 2.37. The van der Waals surface area contributed by atoms with Crippen LogP contribution in [0.4, 0.5) is 8.78 Å². The molecule has 1 aliphatic rings. The van der Waals surface area contributed by atoms with Crippen LogP contribution in [0.5, 0.6) is 0 Å². The number of halogens is 2. The summed E-state index contributed by atoms with van der Waals surface area (Å²) in [6.45, 7) is 1.90. The number of ether oxygens (including phenoxy) is 1. The number of hydrogen-bond acceptors (Lipinski definition) is 4. The first kappa shape index (κ1) is 25.3. The third-order valence-corrected chi connectivity index (χ3v) is 7.68. The first-order valence-electron chi connectivity index (χ1n) is 10.8. The Morgan fingerprint density at radius 1 is 1.06 bits per heavy atom. The van der Waals surface area contributed by atoms with E-state index in [-0.39, 0.29) is 30.1 Å². The van der Waals surface area contributed by atoms with Gasteiger partial charge in [-0.05, 0) is 49.3 Å². The smallest absolute Gasteiger partial charge is 0.325 e. The van der Waals surface area contributed by atoms with E-state index >= 15 is 0 Å². The van der Waals surface area contributed by atoms with Crippen LogP contribution in [0.15, 0.2) is 47.4 Å². The summed E-state index contributed by atoms with van der Waals surface area (Å²) >= 11 is 1.32. The predicted molar refractivity (Wildman–Crippen MR) is 123 cm³/mol. The Morgan fingerprint density at radius 3 is 2.47 bits per heavy atom. The molecule has 9 heteroatoms. The van der Waals surface area contributed by atoms with E-state index in [4.69, 9.17) is 14.5 Å². The van der Waals surface area contributed by atoms with E-state index in [1.165, 1.54) is 29.5 Å². The van der Waals surface area contributed by atoms with Crippen LogP contribution in [0.1, 0.15) is 36.8 Å². The highest BCUT2D eigenvalue weighted by Gasteiger charge is 2.39. The van der Waals surface area contributed by atoms with E-state index in [9.17, 15) is 13.3 Å². The molecule has 0 aliphatic carbocycles. The lowest BCUT2D eigenvalue weighted by molar-refractivity contribution is -0.0652. The van der Waals surface area contributed by atoms with Crippen LogP contribution in [-0.2, 0) is 21.3 Å². The van der Waals surface area contributed by atoms with Gasteiger partial charge in [0.05, 0.1) is 19.4 Å². The van der Waals surface area contributed by atoms with Gasteiger partial charge in [-0.2, -0.15) is 0 Å². The van der Waals surface area contributed by atoms with Crippen LogP contribution < -0.4 is 5.32 Å². The van der Waals surface area contributed by atoms with Crippen LogP contribution in [0.2, 0.25) is 0 Å². The summed E-state index contributed by atoms with van der Waals surface area (Å²) < 4.78 is 45.0. The van der Waals surface area contributed by atoms with Crippen molar-refractivity contribution in [3.8, 4) is 0 Å². The maximum absolute atomic E-state index is 14.4. The maximum Gasteiger partial charge on any atom is 0.325 e. The lowest BCUT2D eigenvalue weighted by Gasteiger charge is -2.42. The second-order valence-electron chi connectivity index (χ2n) is 8.24. The molecule has 1 heterocycles. The number of rotatable bonds is 13. The first-order valence-corrected chi connectivity index (χ1v) is 13.6. The number of nitrogens with one attached hydrogen (secondary N) is 1. The molecular weight excluding hydrogens is 455 g/mol. The van der Waals surface area contributed by atoms with Crippen molar-refractivity contribution in [1.29, 1.82) is 0 Å².